The highest BCUT2D eigenvalue weighted by atomic mass is 16.5. The van der Waals surface area contributed by atoms with Crippen LogP contribution in [-0.2, 0) is 9.53 Å². The van der Waals surface area contributed by atoms with Crippen LogP contribution < -0.4 is 9.47 Å². The van der Waals surface area contributed by atoms with E-state index in [1.54, 1.807) is 56.7 Å². The highest BCUT2D eigenvalue weighted by Gasteiger charge is 2.49. The highest BCUT2D eigenvalue weighted by Crippen LogP contribution is 2.51. The summed E-state index contributed by atoms with van der Waals surface area (Å²) in [5, 5.41) is 3.55. The first-order valence-corrected chi connectivity index (χ1v) is 10.6. The number of benzene rings is 2. The fraction of sp³-hybridized carbons (Fsp3) is 0.360. The van der Waals surface area contributed by atoms with Crippen molar-refractivity contribution in [2.45, 2.75) is 38.7 Å². The first-order valence-electron chi connectivity index (χ1n) is 10.6. The molecule has 0 spiro atoms. The molecule has 8 nitrogen and oxygen atoms in total. The summed E-state index contributed by atoms with van der Waals surface area (Å²) in [5.74, 6) is 0.788. The average molecular weight is 447 g/mol. The van der Waals surface area contributed by atoms with Gasteiger partial charge in [0, 0.05) is 40.1 Å². The van der Waals surface area contributed by atoms with Crippen molar-refractivity contribution in [3.63, 3.8) is 0 Å². The Morgan fingerprint density at radius 3 is 2.48 bits per heavy atom. The Bertz CT molecular complexity index is 1190. The fourth-order valence-corrected chi connectivity index (χ4v) is 4.62. The van der Waals surface area contributed by atoms with E-state index in [9.17, 15) is 9.59 Å². The maximum atomic E-state index is 13.6. The van der Waals surface area contributed by atoms with Gasteiger partial charge < -0.3 is 14.2 Å². The molecule has 0 N–H and O–H groups in total. The van der Waals surface area contributed by atoms with Crippen LogP contribution in [0.3, 0.4) is 0 Å². The van der Waals surface area contributed by atoms with Crippen LogP contribution in [0.2, 0.25) is 0 Å². The van der Waals surface area contributed by atoms with Crippen molar-refractivity contribution in [1.29, 1.82) is 0 Å². The number of carbonyl (C=O) groups is 2. The Morgan fingerprint density at radius 1 is 1.12 bits per heavy atom. The normalized spacial score (nSPS) is 21.0. The topological polar surface area (TPSA) is 111 Å². The summed E-state index contributed by atoms with van der Waals surface area (Å²) in [6, 6.07) is 11.7. The van der Waals surface area contributed by atoms with Gasteiger partial charge in [-0.2, -0.15) is 0 Å². The van der Waals surface area contributed by atoms with E-state index in [2.05, 4.69) is 10.0 Å². The number of allylic oxidation sites excluding steroid dienone is 1. The molecule has 170 valence electrons. The summed E-state index contributed by atoms with van der Waals surface area (Å²) in [6.07, 6.45) is 0.00936. The van der Waals surface area contributed by atoms with Crippen LogP contribution in [0.25, 0.3) is 10.4 Å². The number of ketones is 2. The number of carbonyl (C=O) groups excluding carboxylic acids is 2. The van der Waals surface area contributed by atoms with E-state index in [4.69, 9.17) is 19.7 Å². The molecule has 2 aromatic carbocycles. The minimum absolute atomic E-state index is 0.0230. The Kier molecular flexibility index (Phi) is 5.87. The molecule has 2 atom stereocenters. The Hall–Kier alpha value is -3.77. The van der Waals surface area contributed by atoms with E-state index in [1.807, 2.05) is 13.8 Å². The van der Waals surface area contributed by atoms with Crippen LogP contribution in [0.1, 0.15) is 48.5 Å². The zero-order valence-electron chi connectivity index (χ0n) is 19.0. The van der Waals surface area contributed by atoms with Crippen molar-refractivity contribution in [3.05, 3.63) is 75.4 Å². The van der Waals surface area contributed by atoms with Crippen molar-refractivity contribution in [1.82, 2.24) is 0 Å². The predicted octanol–water partition coefficient (Wildman–Crippen LogP) is 5.65. The molecule has 0 amide bonds. The lowest BCUT2D eigenvalue weighted by atomic mass is 9.72. The monoisotopic (exact) mass is 447 g/mol. The van der Waals surface area contributed by atoms with Crippen LogP contribution in [0.5, 0.6) is 11.5 Å². The van der Waals surface area contributed by atoms with Gasteiger partial charge in [-0.15, -0.1) is 0 Å². The summed E-state index contributed by atoms with van der Waals surface area (Å²) < 4.78 is 17.2. The molecule has 0 bridgehead atoms. The second-order valence-electron chi connectivity index (χ2n) is 9.00. The first-order chi connectivity index (χ1) is 15.8. The lowest BCUT2D eigenvalue weighted by molar-refractivity contribution is -0.118. The lowest BCUT2D eigenvalue weighted by Gasteiger charge is -2.29. The van der Waals surface area contributed by atoms with E-state index in [0.717, 1.165) is 0 Å². The first kappa shape index (κ1) is 22.4. The summed E-state index contributed by atoms with van der Waals surface area (Å²) in [4.78, 5) is 29.7. The third-order valence-electron chi connectivity index (χ3n) is 6.10. The average Bonchev–Trinajstić information content (AvgIpc) is 3.17. The van der Waals surface area contributed by atoms with Gasteiger partial charge in [-0.05, 0) is 29.1 Å². The SMILES string of the molecule is COc1ccc(OC)c(C2C3=C(CC(C)(C)CC3=O)OC2C(=O)c2ccc(N=[N+]=[N-])cc2)c1. The number of hydrogen-bond donors (Lipinski definition) is 0. The molecule has 0 saturated heterocycles. The molecule has 8 heteroatoms. The Labute approximate surface area is 191 Å². The zero-order chi connectivity index (χ0) is 23.8. The number of methoxy groups -OCH3 is 2. The molecule has 4 rings (SSSR count). The molecule has 2 aliphatic rings. The van der Waals surface area contributed by atoms with E-state index in [1.165, 1.54) is 0 Å². The van der Waals surface area contributed by atoms with Crippen LogP contribution in [0.4, 0.5) is 5.69 Å². The van der Waals surface area contributed by atoms with E-state index in [0.29, 0.717) is 52.5 Å². The second kappa shape index (κ2) is 8.64. The lowest BCUT2D eigenvalue weighted by Crippen LogP contribution is -2.29. The minimum atomic E-state index is -0.931. The van der Waals surface area contributed by atoms with E-state index in [-0.39, 0.29) is 17.0 Å². The molecule has 2 aromatic rings. The van der Waals surface area contributed by atoms with Crippen molar-refractivity contribution in [3.8, 4) is 11.5 Å². The van der Waals surface area contributed by atoms with Gasteiger partial charge >= 0.3 is 0 Å². The number of rotatable bonds is 6. The van der Waals surface area contributed by atoms with Crippen molar-refractivity contribution < 1.29 is 23.8 Å². The van der Waals surface area contributed by atoms with E-state index >= 15 is 0 Å². The number of azide groups is 1. The van der Waals surface area contributed by atoms with Gasteiger partial charge in [0.05, 0.1) is 20.1 Å². The van der Waals surface area contributed by atoms with Gasteiger partial charge in [-0.1, -0.05) is 43.2 Å². The molecule has 1 heterocycles. The van der Waals surface area contributed by atoms with Crippen LogP contribution in [0, 0.1) is 5.41 Å². The van der Waals surface area contributed by atoms with Gasteiger partial charge in [0.15, 0.2) is 11.9 Å². The quantitative estimate of drug-likeness (QED) is 0.246. The fourth-order valence-electron chi connectivity index (χ4n) is 4.62. The zero-order valence-corrected chi connectivity index (χ0v) is 19.0. The maximum absolute atomic E-state index is 13.6. The molecule has 0 fully saturated rings. The summed E-state index contributed by atoms with van der Waals surface area (Å²) in [6.45, 7) is 4.03. The molecule has 0 aromatic heterocycles. The van der Waals surface area contributed by atoms with Gasteiger partial charge in [-0.3, -0.25) is 9.59 Å². The molecule has 2 unspecified atom stereocenters. The van der Waals surface area contributed by atoms with Gasteiger partial charge in [0.1, 0.15) is 17.3 Å². The third-order valence-corrected chi connectivity index (χ3v) is 6.10. The number of ether oxygens (including phenoxy) is 3. The van der Waals surface area contributed by atoms with Gasteiger partial charge in [0.25, 0.3) is 0 Å². The standard InChI is InChI=1S/C25H25N3O5/c1-25(2)12-18(29)22-20(13-25)33-24(23(30)14-5-7-15(8-6-14)27-28-26)21(22)17-11-16(31-3)9-10-19(17)32-4/h5-11,21,24H,12-13H2,1-4H3. The third kappa shape index (κ3) is 4.17. The molecule has 0 saturated carbocycles. The van der Waals surface area contributed by atoms with Crippen molar-refractivity contribution >= 4 is 17.3 Å². The minimum Gasteiger partial charge on any atom is -0.497 e. The number of nitrogens with zero attached hydrogens (tertiary/aromatic N) is 3. The maximum Gasteiger partial charge on any atom is 0.204 e. The number of hydrogen-bond acceptors (Lipinski definition) is 6. The number of Topliss-reactive ketones (excluding diaryl/α,β-unsaturated/α-hetero) is 2. The smallest absolute Gasteiger partial charge is 0.204 e. The summed E-state index contributed by atoms with van der Waals surface area (Å²) in [7, 11) is 3.11. The van der Waals surface area contributed by atoms with Crippen molar-refractivity contribution in [2.75, 3.05) is 14.2 Å². The predicted molar refractivity (Wildman–Crippen MR) is 122 cm³/mol. The molecular weight excluding hydrogens is 422 g/mol. The molecule has 0 radical (unpaired) electrons. The van der Waals surface area contributed by atoms with Crippen LogP contribution in [0.15, 0.2) is 58.9 Å². The van der Waals surface area contributed by atoms with Gasteiger partial charge in [0.2, 0.25) is 5.78 Å². The largest absolute Gasteiger partial charge is 0.497 e. The molecule has 1 aliphatic carbocycles. The molecular formula is C25H25N3O5. The Morgan fingerprint density at radius 2 is 1.85 bits per heavy atom. The van der Waals surface area contributed by atoms with Gasteiger partial charge in [-0.25, -0.2) is 0 Å². The van der Waals surface area contributed by atoms with Crippen LogP contribution >= 0.6 is 0 Å². The van der Waals surface area contributed by atoms with E-state index < -0.39 is 12.0 Å². The molecule has 1 aliphatic heterocycles. The van der Waals surface area contributed by atoms with Crippen molar-refractivity contribution in [2.24, 2.45) is 10.5 Å². The van der Waals surface area contributed by atoms with Crippen LogP contribution in [-0.4, -0.2) is 31.9 Å². The summed E-state index contributed by atoms with van der Waals surface area (Å²) in [5.41, 5.74) is 10.4. The Balaban J connectivity index is 1.82. The molecule has 33 heavy (non-hydrogen) atoms. The summed E-state index contributed by atoms with van der Waals surface area (Å²) >= 11 is 0. The highest BCUT2D eigenvalue weighted by molar-refractivity contribution is 6.06. The second-order valence-corrected chi connectivity index (χ2v) is 9.00.